The molecule has 1 aromatic carbocycles. The van der Waals surface area contributed by atoms with E-state index in [1.165, 1.54) is 0 Å². The van der Waals surface area contributed by atoms with Gasteiger partial charge in [0.25, 0.3) is 5.91 Å². The third-order valence-corrected chi connectivity index (χ3v) is 3.67. The summed E-state index contributed by atoms with van der Waals surface area (Å²) < 4.78 is 5.88. The minimum atomic E-state index is 0.000272. The lowest BCUT2D eigenvalue weighted by atomic mass is 10.2. The Hall–Kier alpha value is -2.07. The average Bonchev–Trinajstić information content (AvgIpc) is 2.96. The highest BCUT2D eigenvalue weighted by atomic mass is 35.5. The van der Waals surface area contributed by atoms with Gasteiger partial charge in [-0.15, -0.1) is 0 Å². The molecule has 0 N–H and O–H groups in total. The van der Waals surface area contributed by atoms with Crippen molar-refractivity contribution in [3.63, 3.8) is 0 Å². The lowest BCUT2D eigenvalue weighted by Crippen LogP contribution is -2.30. The zero-order chi connectivity index (χ0) is 14.7. The Morgan fingerprint density at radius 2 is 2.24 bits per heavy atom. The number of hydrogen-bond donors (Lipinski definition) is 0. The molecule has 1 aliphatic heterocycles. The molecule has 108 valence electrons. The molecular formula is C16H15ClN2O2. The lowest BCUT2D eigenvalue weighted by molar-refractivity contribution is 0.0772. The van der Waals surface area contributed by atoms with Crippen LogP contribution in [0.3, 0.4) is 0 Å². The number of pyridine rings is 1. The first-order valence-corrected chi connectivity index (χ1v) is 7.22. The van der Waals surface area contributed by atoms with Crippen LogP contribution in [0.1, 0.15) is 16.8 Å². The molecule has 5 heteroatoms. The monoisotopic (exact) mass is 302 g/mol. The topological polar surface area (TPSA) is 42.4 Å². The van der Waals surface area contributed by atoms with Gasteiger partial charge in [0.15, 0.2) is 0 Å². The van der Waals surface area contributed by atoms with E-state index < -0.39 is 0 Å². The van der Waals surface area contributed by atoms with E-state index in [-0.39, 0.29) is 12.0 Å². The van der Waals surface area contributed by atoms with Gasteiger partial charge < -0.3 is 9.64 Å². The molecule has 1 aliphatic rings. The Kier molecular flexibility index (Phi) is 4.06. The van der Waals surface area contributed by atoms with Gasteiger partial charge in [-0.3, -0.25) is 9.78 Å². The minimum absolute atomic E-state index is 0.000272. The number of carbonyl (C=O) groups excluding carboxylic acids is 1. The normalized spacial score (nSPS) is 17.8. The standard InChI is InChI=1S/C16H15ClN2O2/c17-13-4-1-5-14(9-13)21-15-6-8-19(11-15)16(20)12-3-2-7-18-10-12/h1-5,7,9-10,15H,6,8,11H2/t15-/m1/s1. The van der Waals surface area contributed by atoms with Crippen molar-refractivity contribution in [1.29, 1.82) is 0 Å². The van der Waals surface area contributed by atoms with Crippen molar-refractivity contribution in [2.45, 2.75) is 12.5 Å². The van der Waals surface area contributed by atoms with Crippen molar-refractivity contribution >= 4 is 17.5 Å². The van der Waals surface area contributed by atoms with Crippen molar-refractivity contribution in [3.8, 4) is 5.75 Å². The summed E-state index contributed by atoms with van der Waals surface area (Å²) in [4.78, 5) is 18.1. The highest BCUT2D eigenvalue weighted by molar-refractivity contribution is 6.30. The second kappa shape index (κ2) is 6.14. The molecule has 0 aliphatic carbocycles. The molecule has 1 fully saturated rings. The van der Waals surface area contributed by atoms with Crippen LogP contribution in [0.25, 0.3) is 0 Å². The average molecular weight is 303 g/mol. The van der Waals surface area contributed by atoms with Crippen molar-refractivity contribution in [2.24, 2.45) is 0 Å². The van der Waals surface area contributed by atoms with Crippen LogP contribution >= 0.6 is 11.6 Å². The van der Waals surface area contributed by atoms with Crippen LogP contribution in [0.4, 0.5) is 0 Å². The first-order valence-electron chi connectivity index (χ1n) is 6.84. The fourth-order valence-corrected chi connectivity index (χ4v) is 2.59. The number of likely N-dealkylation sites (tertiary alicyclic amines) is 1. The fraction of sp³-hybridized carbons (Fsp3) is 0.250. The first-order chi connectivity index (χ1) is 10.2. The highest BCUT2D eigenvalue weighted by Gasteiger charge is 2.28. The molecule has 1 amide bonds. The summed E-state index contributed by atoms with van der Waals surface area (Å²) in [5, 5.41) is 0.647. The smallest absolute Gasteiger partial charge is 0.255 e. The van der Waals surface area contributed by atoms with Crippen molar-refractivity contribution in [3.05, 3.63) is 59.4 Å². The first kappa shape index (κ1) is 13.9. The van der Waals surface area contributed by atoms with E-state index in [9.17, 15) is 4.79 Å². The Balaban J connectivity index is 1.62. The van der Waals surface area contributed by atoms with E-state index in [0.29, 0.717) is 23.7 Å². The number of halogens is 1. The Bertz CT molecular complexity index is 633. The molecule has 0 spiro atoms. The molecule has 1 atom stereocenters. The zero-order valence-corrected chi connectivity index (χ0v) is 12.2. The Morgan fingerprint density at radius 1 is 1.33 bits per heavy atom. The van der Waals surface area contributed by atoms with Gasteiger partial charge in [-0.1, -0.05) is 17.7 Å². The van der Waals surface area contributed by atoms with Gasteiger partial charge in [0, 0.05) is 30.4 Å². The number of hydrogen-bond acceptors (Lipinski definition) is 3. The third-order valence-electron chi connectivity index (χ3n) is 3.44. The summed E-state index contributed by atoms with van der Waals surface area (Å²) in [6.07, 6.45) is 4.07. The van der Waals surface area contributed by atoms with E-state index in [0.717, 1.165) is 12.2 Å². The summed E-state index contributed by atoms with van der Waals surface area (Å²) in [7, 11) is 0. The predicted octanol–water partition coefficient (Wildman–Crippen LogP) is 3.03. The summed E-state index contributed by atoms with van der Waals surface area (Å²) in [6.45, 7) is 1.28. The fourth-order valence-electron chi connectivity index (χ4n) is 2.41. The van der Waals surface area contributed by atoms with Gasteiger partial charge in [0.1, 0.15) is 11.9 Å². The second-order valence-electron chi connectivity index (χ2n) is 4.98. The molecule has 2 heterocycles. The van der Waals surface area contributed by atoms with E-state index >= 15 is 0 Å². The highest BCUT2D eigenvalue weighted by Crippen LogP contribution is 2.22. The van der Waals surface area contributed by atoms with Gasteiger partial charge in [-0.25, -0.2) is 0 Å². The number of amides is 1. The molecule has 1 aromatic heterocycles. The number of rotatable bonds is 3. The third kappa shape index (κ3) is 3.34. The molecule has 3 rings (SSSR count). The van der Waals surface area contributed by atoms with Crippen LogP contribution < -0.4 is 4.74 Å². The van der Waals surface area contributed by atoms with Gasteiger partial charge in [0.05, 0.1) is 12.1 Å². The molecule has 1 saturated heterocycles. The molecule has 4 nitrogen and oxygen atoms in total. The summed E-state index contributed by atoms with van der Waals surface area (Å²) in [5.41, 5.74) is 0.612. The molecule has 0 unspecified atom stereocenters. The van der Waals surface area contributed by atoms with Gasteiger partial charge in [-0.2, -0.15) is 0 Å². The number of ether oxygens (including phenoxy) is 1. The molecular weight excluding hydrogens is 288 g/mol. The number of aromatic nitrogens is 1. The van der Waals surface area contributed by atoms with Gasteiger partial charge in [-0.05, 0) is 30.3 Å². The van der Waals surface area contributed by atoms with Crippen LogP contribution in [-0.2, 0) is 0 Å². The van der Waals surface area contributed by atoms with Crippen LogP contribution in [0.15, 0.2) is 48.8 Å². The van der Waals surface area contributed by atoms with E-state index in [1.54, 1.807) is 41.6 Å². The number of benzene rings is 1. The predicted molar refractivity (Wildman–Crippen MR) is 80.6 cm³/mol. The zero-order valence-electron chi connectivity index (χ0n) is 11.4. The maximum Gasteiger partial charge on any atom is 0.255 e. The number of nitrogens with zero attached hydrogens (tertiary/aromatic N) is 2. The van der Waals surface area contributed by atoms with Gasteiger partial charge >= 0.3 is 0 Å². The van der Waals surface area contributed by atoms with Crippen molar-refractivity contribution in [1.82, 2.24) is 9.88 Å². The maximum absolute atomic E-state index is 12.3. The maximum atomic E-state index is 12.3. The van der Waals surface area contributed by atoms with Crippen LogP contribution in [-0.4, -0.2) is 35.0 Å². The second-order valence-corrected chi connectivity index (χ2v) is 5.42. The SMILES string of the molecule is O=C(c1cccnc1)N1CC[C@@H](Oc2cccc(Cl)c2)C1. The molecule has 21 heavy (non-hydrogen) atoms. The lowest BCUT2D eigenvalue weighted by Gasteiger charge is -2.17. The Labute approximate surface area is 128 Å². The summed E-state index contributed by atoms with van der Waals surface area (Å²) in [6, 6.07) is 10.9. The number of carbonyl (C=O) groups is 1. The molecule has 0 bridgehead atoms. The van der Waals surface area contributed by atoms with E-state index in [1.807, 2.05) is 12.1 Å². The van der Waals surface area contributed by atoms with Crippen LogP contribution in [0, 0.1) is 0 Å². The molecule has 2 aromatic rings. The summed E-state index contributed by atoms with van der Waals surface area (Å²) >= 11 is 5.94. The Morgan fingerprint density at radius 3 is 3.00 bits per heavy atom. The van der Waals surface area contributed by atoms with Crippen molar-refractivity contribution < 1.29 is 9.53 Å². The van der Waals surface area contributed by atoms with E-state index in [2.05, 4.69) is 4.98 Å². The van der Waals surface area contributed by atoms with Crippen LogP contribution in [0.5, 0.6) is 5.75 Å². The van der Waals surface area contributed by atoms with E-state index in [4.69, 9.17) is 16.3 Å². The van der Waals surface area contributed by atoms with Gasteiger partial charge in [0.2, 0.25) is 0 Å². The summed E-state index contributed by atoms with van der Waals surface area (Å²) in [5.74, 6) is 0.739. The molecule has 0 saturated carbocycles. The molecule has 0 radical (unpaired) electrons. The quantitative estimate of drug-likeness (QED) is 0.875. The van der Waals surface area contributed by atoms with Crippen LogP contribution in [0.2, 0.25) is 5.02 Å². The minimum Gasteiger partial charge on any atom is -0.488 e. The van der Waals surface area contributed by atoms with Crippen molar-refractivity contribution in [2.75, 3.05) is 13.1 Å². The largest absolute Gasteiger partial charge is 0.488 e.